The highest BCUT2D eigenvalue weighted by atomic mass is 35.5. The quantitative estimate of drug-likeness (QED) is 0.168. The molecule has 3 nitrogen and oxygen atoms in total. The molecule has 3 aliphatic carbocycles. The molecule has 0 unspecified atom stereocenters. The summed E-state index contributed by atoms with van der Waals surface area (Å²) in [5.74, 6) is 0. The van der Waals surface area contributed by atoms with Crippen molar-refractivity contribution in [1.29, 1.82) is 0 Å². The lowest BCUT2D eigenvalue weighted by molar-refractivity contribution is 0.332. The number of fused-ring (bicyclic) bond motifs is 10. The molecule has 0 fully saturated rings. The fourth-order valence-corrected chi connectivity index (χ4v) is 12.4. The van der Waals surface area contributed by atoms with E-state index in [2.05, 4.69) is 160 Å². The van der Waals surface area contributed by atoms with Crippen LogP contribution < -0.4 is 26.6 Å². The average molecular weight is 799 g/mol. The molecule has 6 aromatic rings. The van der Waals surface area contributed by atoms with Gasteiger partial charge in [0, 0.05) is 44.2 Å². The molecule has 5 heteroatoms. The first-order chi connectivity index (χ1) is 27.6. The minimum absolute atomic E-state index is 0.00240. The van der Waals surface area contributed by atoms with Gasteiger partial charge < -0.3 is 14.6 Å². The van der Waals surface area contributed by atoms with Gasteiger partial charge in [-0.2, -0.15) is 0 Å². The Morgan fingerprint density at radius 1 is 0.492 bits per heavy atom. The smallest absolute Gasteiger partial charge is 0.252 e. The summed E-state index contributed by atoms with van der Waals surface area (Å²) >= 11 is 7.23. The van der Waals surface area contributed by atoms with E-state index in [9.17, 15) is 0 Å². The molecule has 0 saturated heterocycles. The predicted octanol–water partition coefficient (Wildman–Crippen LogP) is 13.6. The fourth-order valence-electron chi connectivity index (χ4n) is 12.2. The molecular weight excluding hydrogens is 739 g/mol. The monoisotopic (exact) mass is 798 g/mol. The molecule has 3 heterocycles. The van der Waals surface area contributed by atoms with Gasteiger partial charge in [0.2, 0.25) is 0 Å². The van der Waals surface area contributed by atoms with E-state index in [0.29, 0.717) is 0 Å². The Bertz CT molecular complexity index is 2850. The van der Waals surface area contributed by atoms with Crippen LogP contribution in [0.1, 0.15) is 155 Å². The molecular formula is C54H60BClN2O. The van der Waals surface area contributed by atoms with Gasteiger partial charge in [-0.1, -0.05) is 107 Å². The molecule has 0 radical (unpaired) electrons. The summed E-state index contributed by atoms with van der Waals surface area (Å²) in [5, 5.41) is 7.09. The minimum atomic E-state index is 0.00240. The lowest BCUT2D eigenvalue weighted by Crippen LogP contribution is -2.60. The van der Waals surface area contributed by atoms with E-state index in [4.69, 9.17) is 16.0 Å². The van der Waals surface area contributed by atoms with Crippen molar-refractivity contribution < 1.29 is 4.42 Å². The molecule has 0 spiro atoms. The summed E-state index contributed by atoms with van der Waals surface area (Å²) in [6.45, 7) is 29.1. The third-order valence-corrected chi connectivity index (χ3v) is 16.7. The standard InChI is InChI=1S/C54H60BClN2O/c1-49(2)15-16-50(3,4)35-23-31(13-14-34(35)49)58-44-27-38-37(52(7,8)18-19-53(38,9)10)26-41(44)55-40-29-47-33(25-42(40)57-43-21-30(56)22-45(58)48(43)55)32-24-36-39(28-46(32)59-47)54(11,12)20-17-51(36,5)6/h13-14,21-29,57H,15-20H2,1-12H3. The van der Waals surface area contributed by atoms with Crippen molar-refractivity contribution in [2.45, 2.75) is 154 Å². The zero-order chi connectivity index (χ0) is 41.6. The number of rotatable bonds is 1. The molecule has 0 saturated carbocycles. The van der Waals surface area contributed by atoms with Crippen LogP contribution >= 0.6 is 11.6 Å². The summed E-state index contributed by atoms with van der Waals surface area (Å²) in [5.41, 5.74) is 21.1. The van der Waals surface area contributed by atoms with E-state index in [1.54, 1.807) is 0 Å². The van der Waals surface area contributed by atoms with Crippen molar-refractivity contribution in [3.63, 3.8) is 0 Å². The van der Waals surface area contributed by atoms with Gasteiger partial charge in [0.15, 0.2) is 0 Å². The normalized spacial score (nSPS) is 21.8. The Morgan fingerprint density at radius 3 is 1.63 bits per heavy atom. The third kappa shape index (κ3) is 5.26. The van der Waals surface area contributed by atoms with E-state index in [0.717, 1.165) is 33.3 Å². The van der Waals surface area contributed by atoms with E-state index in [1.165, 1.54) is 110 Å². The number of nitrogens with zero attached hydrogens (tertiary/aromatic N) is 1. The van der Waals surface area contributed by atoms with Crippen molar-refractivity contribution >= 4 is 85.1 Å². The van der Waals surface area contributed by atoms with Crippen molar-refractivity contribution in [2.75, 3.05) is 10.2 Å². The van der Waals surface area contributed by atoms with Crippen LogP contribution in [-0.4, -0.2) is 6.71 Å². The summed E-state index contributed by atoms with van der Waals surface area (Å²) in [4.78, 5) is 2.56. The SMILES string of the molecule is CC1(C)CCC(C)(C)c2cc(N3c4cc5c(cc4B4c6cc7oc8cc9c(cc8c7cc6Nc6cc(Cl)cc3c64)C(C)(C)CCC9(C)C)C(C)(C)CCC5(C)C)ccc21. The Hall–Kier alpha value is -4.15. The lowest BCUT2D eigenvalue weighted by Gasteiger charge is -2.46. The zero-order valence-electron chi connectivity index (χ0n) is 37.4. The zero-order valence-corrected chi connectivity index (χ0v) is 38.2. The Balaban J connectivity index is 1.19. The molecule has 1 N–H and O–H groups in total. The van der Waals surface area contributed by atoms with Gasteiger partial charge in [-0.05, 0) is 175 Å². The van der Waals surface area contributed by atoms with Crippen molar-refractivity contribution in [3.8, 4) is 0 Å². The number of furan rings is 1. The third-order valence-electron chi connectivity index (χ3n) is 16.5. The second-order valence-electron chi connectivity index (χ2n) is 23.2. The highest BCUT2D eigenvalue weighted by Gasteiger charge is 2.46. The molecule has 1 aromatic heterocycles. The van der Waals surface area contributed by atoms with Crippen molar-refractivity contribution in [1.82, 2.24) is 0 Å². The summed E-state index contributed by atoms with van der Waals surface area (Å²) < 4.78 is 6.95. The van der Waals surface area contributed by atoms with Crippen LogP contribution in [0.3, 0.4) is 0 Å². The van der Waals surface area contributed by atoms with Gasteiger partial charge in [-0.3, -0.25) is 0 Å². The second-order valence-corrected chi connectivity index (χ2v) is 23.6. The first-order valence-corrected chi connectivity index (χ1v) is 22.7. The van der Waals surface area contributed by atoms with Crippen LogP contribution in [0.15, 0.2) is 71.1 Å². The van der Waals surface area contributed by atoms with Gasteiger partial charge >= 0.3 is 0 Å². The van der Waals surface area contributed by atoms with Gasteiger partial charge in [-0.25, -0.2) is 0 Å². The van der Waals surface area contributed by atoms with Crippen LogP contribution in [0.5, 0.6) is 0 Å². The summed E-state index contributed by atoms with van der Waals surface area (Å²) in [6.07, 6.45) is 7.06. The Kier molecular flexibility index (Phi) is 7.44. The van der Waals surface area contributed by atoms with Gasteiger partial charge in [-0.15, -0.1) is 0 Å². The predicted molar refractivity (Wildman–Crippen MR) is 254 cm³/mol. The maximum atomic E-state index is 7.23. The van der Waals surface area contributed by atoms with Gasteiger partial charge in [0.1, 0.15) is 11.2 Å². The van der Waals surface area contributed by atoms with Gasteiger partial charge in [0.25, 0.3) is 6.71 Å². The van der Waals surface area contributed by atoms with Crippen LogP contribution in [0.4, 0.5) is 28.4 Å². The lowest BCUT2D eigenvalue weighted by atomic mass is 9.33. The summed E-state index contributed by atoms with van der Waals surface area (Å²) in [6, 6.07) is 26.5. The van der Waals surface area contributed by atoms with Gasteiger partial charge in [0.05, 0.1) is 0 Å². The molecule has 302 valence electrons. The fraction of sp³-hybridized carbons (Fsp3) is 0.444. The molecule has 0 amide bonds. The molecule has 11 rings (SSSR count). The largest absolute Gasteiger partial charge is 0.456 e. The highest BCUT2D eigenvalue weighted by Crippen LogP contribution is 2.53. The van der Waals surface area contributed by atoms with Crippen molar-refractivity contribution in [3.05, 3.63) is 105 Å². The maximum absolute atomic E-state index is 7.23. The molecule has 0 atom stereocenters. The number of anilines is 5. The van der Waals surface area contributed by atoms with E-state index < -0.39 is 0 Å². The molecule has 5 aliphatic rings. The number of benzene rings is 5. The number of nitrogens with one attached hydrogen (secondary N) is 1. The average Bonchev–Trinajstić information content (AvgIpc) is 3.51. The van der Waals surface area contributed by atoms with Crippen LogP contribution in [0.2, 0.25) is 5.02 Å². The topological polar surface area (TPSA) is 28.4 Å². The van der Waals surface area contributed by atoms with Crippen LogP contribution in [0.25, 0.3) is 21.9 Å². The Morgan fingerprint density at radius 2 is 1.00 bits per heavy atom. The molecule has 0 bridgehead atoms. The van der Waals surface area contributed by atoms with Crippen LogP contribution in [0, 0.1) is 0 Å². The van der Waals surface area contributed by atoms with E-state index in [1.807, 2.05) is 0 Å². The minimum Gasteiger partial charge on any atom is -0.456 e. The van der Waals surface area contributed by atoms with Crippen molar-refractivity contribution in [2.24, 2.45) is 0 Å². The molecule has 59 heavy (non-hydrogen) atoms. The number of halogens is 1. The highest BCUT2D eigenvalue weighted by molar-refractivity contribution is 7.00. The second kappa shape index (κ2) is 11.6. The molecule has 2 aliphatic heterocycles. The first-order valence-electron chi connectivity index (χ1n) is 22.4. The van der Waals surface area contributed by atoms with E-state index in [-0.39, 0.29) is 39.2 Å². The maximum Gasteiger partial charge on any atom is 0.252 e. The number of hydrogen-bond donors (Lipinski definition) is 1. The van der Waals surface area contributed by atoms with Crippen LogP contribution in [-0.2, 0) is 32.5 Å². The molecule has 5 aromatic carbocycles. The first kappa shape index (κ1) is 37.8. The number of hydrogen-bond acceptors (Lipinski definition) is 3. The van der Waals surface area contributed by atoms with E-state index >= 15 is 0 Å². The Labute approximate surface area is 357 Å². The summed E-state index contributed by atoms with van der Waals surface area (Å²) in [7, 11) is 0.